The van der Waals surface area contributed by atoms with Gasteiger partial charge in [-0.1, -0.05) is 70.4 Å². The number of hydrogen-bond donors (Lipinski definition) is 0. The van der Waals surface area contributed by atoms with Crippen molar-refractivity contribution in [2.75, 3.05) is 13.7 Å². The summed E-state index contributed by atoms with van der Waals surface area (Å²) in [5.74, 6) is 2.52. The minimum absolute atomic E-state index is 0.111. The number of thiazole rings is 1. The first-order valence-corrected chi connectivity index (χ1v) is 12.1. The van der Waals surface area contributed by atoms with E-state index in [9.17, 15) is 9.59 Å². The molecule has 0 unspecified atom stereocenters. The summed E-state index contributed by atoms with van der Waals surface area (Å²) in [4.78, 5) is 31.7. The highest BCUT2D eigenvalue weighted by atomic mass is 79.9. The van der Waals surface area contributed by atoms with Crippen LogP contribution in [0.4, 0.5) is 0 Å². The summed E-state index contributed by atoms with van der Waals surface area (Å²) >= 11 is 4.73. The zero-order valence-electron chi connectivity index (χ0n) is 18.6. The molecule has 1 aliphatic rings. The summed E-state index contributed by atoms with van der Waals surface area (Å²) in [5.41, 5.74) is 2.23. The van der Waals surface area contributed by atoms with Crippen molar-refractivity contribution < 1.29 is 14.3 Å². The molecule has 1 aliphatic heterocycles. The van der Waals surface area contributed by atoms with Gasteiger partial charge in [0.1, 0.15) is 12.4 Å². The van der Waals surface area contributed by atoms with Crippen LogP contribution >= 0.6 is 27.3 Å². The second-order valence-corrected chi connectivity index (χ2v) is 9.30. The molecule has 0 N–H and O–H groups in total. The fourth-order valence-electron chi connectivity index (χ4n) is 3.84. The Labute approximate surface area is 209 Å². The molecule has 0 amide bonds. The van der Waals surface area contributed by atoms with Crippen LogP contribution in [0.3, 0.4) is 0 Å². The molecular weight excluding hydrogens is 516 g/mol. The second kappa shape index (κ2) is 10.2. The van der Waals surface area contributed by atoms with E-state index in [2.05, 4.69) is 26.8 Å². The fourth-order valence-corrected chi connectivity index (χ4v) is 5.23. The van der Waals surface area contributed by atoms with Crippen LogP contribution in [0.15, 0.2) is 74.1 Å². The number of benzene rings is 2. The summed E-state index contributed by atoms with van der Waals surface area (Å²) in [6.45, 7) is 2.04. The number of halogens is 1. The van der Waals surface area contributed by atoms with Crippen LogP contribution in [0.1, 0.15) is 30.5 Å². The molecule has 1 atom stereocenters. The van der Waals surface area contributed by atoms with Gasteiger partial charge in [-0.3, -0.25) is 9.36 Å². The average molecular weight is 537 g/mol. The predicted molar refractivity (Wildman–Crippen MR) is 135 cm³/mol. The molecule has 1 aromatic heterocycles. The minimum Gasteiger partial charge on any atom is -0.480 e. The number of fused-ring (bicyclic) bond motifs is 1. The first kappa shape index (κ1) is 23.7. The number of esters is 1. The lowest BCUT2D eigenvalue weighted by molar-refractivity contribution is -0.136. The lowest BCUT2D eigenvalue weighted by Gasteiger charge is -2.25. The van der Waals surface area contributed by atoms with Crippen LogP contribution in [0.5, 0.6) is 5.75 Å². The van der Waals surface area contributed by atoms with E-state index in [-0.39, 0.29) is 12.2 Å². The molecule has 0 fully saturated rings. The molecule has 0 saturated carbocycles. The maximum Gasteiger partial charge on any atom is 0.338 e. The van der Waals surface area contributed by atoms with Gasteiger partial charge in [-0.15, -0.1) is 6.42 Å². The van der Waals surface area contributed by atoms with E-state index in [0.29, 0.717) is 38.3 Å². The lowest BCUT2D eigenvalue weighted by atomic mass is 9.95. The Kier molecular flexibility index (Phi) is 7.15. The molecule has 2 heterocycles. The number of allylic oxidation sites excluding steroid dienone is 1. The fraction of sp³-hybridized carbons (Fsp3) is 0.192. The number of ether oxygens (including phenoxy) is 2. The van der Waals surface area contributed by atoms with Crippen molar-refractivity contribution >= 4 is 39.3 Å². The Morgan fingerprint density at radius 1 is 1.29 bits per heavy atom. The molecule has 2 aromatic carbocycles. The molecule has 6 nitrogen and oxygen atoms in total. The van der Waals surface area contributed by atoms with Crippen molar-refractivity contribution in [1.29, 1.82) is 0 Å². The number of aromatic nitrogens is 1. The van der Waals surface area contributed by atoms with Gasteiger partial charge in [0.15, 0.2) is 4.80 Å². The van der Waals surface area contributed by atoms with Crippen molar-refractivity contribution in [3.8, 4) is 18.1 Å². The standard InChI is InChI=1S/C26H21BrN2O4S/c1-4-13-33-20-12-11-18(27)14-17(20)15-21-24(30)29-23(16-9-7-6-8-10-16)22(25(31)32-3)19(5-2)28-26(29)34-21/h1,6-12,14-15,23H,5,13H2,2-3H3/b21-15+/t23-/m1/s1. The van der Waals surface area contributed by atoms with E-state index < -0.39 is 12.0 Å². The van der Waals surface area contributed by atoms with Crippen LogP contribution in [-0.2, 0) is 9.53 Å². The number of nitrogens with zero attached hydrogens (tertiary/aromatic N) is 2. The van der Waals surface area contributed by atoms with Gasteiger partial charge in [-0.25, -0.2) is 9.79 Å². The topological polar surface area (TPSA) is 69.9 Å². The van der Waals surface area contributed by atoms with Crippen LogP contribution in [0.2, 0.25) is 0 Å². The maximum absolute atomic E-state index is 13.7. The zero-order chi connectivity index (χ0) is 24.2. The first-order valence-electron chi connectivity index (χ1n) is 10.5. The third kappa shape index (κ3) is 4.49. The Balaban J connectivity index is 1.98. The molecular formula is C26H21BrN2O4S. The van der Waals surface area contributed by atoms with Gasteiger partial charge in [0.05, 0.1) is 29.0 Å². The van der Waals surface area contributed by atoms with Crippen LogP contribution < -0.4 is 19.6 Å². The van der Waals surface area contributed by atoms with Crippen molar-refractivity contribution in [3.05, 3.63) is 95.1 Å². The molecule has 8 heteroatoms. The molecule has 172 valence electrons. The SMILES string of the molecule is C#CCOc1ccc(Br)cc1/C=c1/sc2n(c1=O)[C@H](c1ccccc1)C(C(=O)OC)=C(CC)N=2. The lowest BCUT2D eigenvalue weighted by Crippen LogP contribution is -2.40. The summed E-state index contributed by atoms with van der Waals surface area (Å²) in [6.07, 6.45) is 7.63. The van der Waals surface area contributed by atoms with E-state index in [1.165, 1.54) is 18.4 Å². The van der Waals surface area contributed by atoms with Crippen molar-refractivity contribution in [2.24, 2.45) is 4.99 Å². The molecule has 3 aromatic rings. The van der Waals surface area contributed by atoms with Gasteiger partial charge in [-0.2, -0.15) is 0 Å². The Bertz CT molecular complexity index is 1500. The van der Waals surface area contributed by atoms with Gasteiger partial charge in [0.25, 0.3) is 5.56 Å². The Morgan fingerprint density at radius 2 is 2.06 bits per heavy atom. The second-order valence-electron chi connectivity index (χ2n) is 7.37. The number of carbonyl (C=O) groups excluding carboxylic acids is 1. The smallest absolute Gasteiger partial charge is 0.338 e. The number of methoxy groups -OCH3 is 1. The van der Waals surface area contributed by atoms with Crippen LogP contribution in [0, 0.1) is 12.3 Å². The van der Waals surface area contributed by atoms with Gasteiger partial charge in [0.2, 0.25) is 0 Å². The summed E-state index contributed by atoms with van der Waals surface area (Å²) < 4.78 is 13.6. The largest absolute Gasteiger partial charge is 0.480 e. The first-order chi connectivity index (χ1) is 16.5. The van der Waals surface area contributed by atoms with E-state index in [1.807, 2.05) is 49.4 Å². The third-order valence-electron chi connectivity index (χ3n) is 5.33. The highest BCUT2D eigenvalue weighted by molar-refractivity contribution is 9.10. The summed E-state index contributed by atoms with van der Waals surface area (Å²) in [6, 6.07) is 14.3. The number of rotatable bonds is 6. The quantitative estimate of drug-likeness (QED) is 0.356. The van der Waals surface area contributed by atoms with E-state index in [4.69, 9.17) is 15.9 Å². The van der Waals surface area contributed by atoms with Gasteiger partial charge >= 0.3 is 5.97 Å². The van der Waals surface area contributed by atoms with E-state index in [0.717, 1.165) is 10.0 Å². The van der Waals surface area contributed by atoms with Gasteiger partial charge < -0.3 is 9.47 Å². The minimum atomic E-state index is -0.637. The average Bonchev–Trinajstić information content (AvgIpc) is 3.17. The molecule has 0 radical (unpaired) electrons. The van der Waals surface area contributed by atoms with Gasteiger partial charge in [-0.05, 0) is 36.3 Å². The Morgan fingerprint density at radius 3 is 2.74 bits per heavy atom. The summed E-state index contributed by atoms with van der Waals surface area (Å²) in [7, 11) is 1.33. The number of carbonyl (C=O) groups is 1. The van der Waals surface area contributed by atoms with Crippen molar-refractivity contribution in [3.63, 3.8) is 0 Å². The van der Waals surface area contributed by atoms with Crippen molar-refractivity contribution in [2.45, 2.75) is 19.4 Å². The molecule has 0 bridgehead atoms. The van der Waals surface area contributed by atoms with Gasteiger partial charge in [0, 0.05) is 10.0 Å². The molecule has 0 aliphatic carbocycles. The number of hydrogen-bond acceptors (Lipinski definition) is 6. The predicted octanol–water partition coefficient (Wildman–Crippen LogP) is 3.57. The maximum atomic E-state index is 13.7. The molecule has 34 heavy (non-hydrogen) atoms. The molecule has 0 spiro atoms. The third-order valence-corrected chi connectivity index (χ3v) is 6.81. The number of terminal acetylenes is 1. The zero-order valence-corrected chi connectivity index (χ0v) is 21.0. The van der Waals surface area contributed by atoms with E-state index >= 15 is 0 Å². The molecule has 4 rings (SSSR count). The van der Waals surface area contributed by atoms with Crippen LogP contribution in [-0.4, -0.2) is 24.3 Å². The van der Waals surface area contributed by atoms with Crippen molar-refractivity contribution in [1.82, 2.24) is 4.57 Å². The van der Waals surface area contributed by atoms with Crippen LogP contribution in [0.25, 0.3) is 6.08 Å². The monoisotopic (exact) mass is 536 g/mol. The Hall–Kier alpha value is -3.41. The summed E-state index contributed by atoms with van der Waals surface area (Å²) in [5, 5.41) is 0. The van der Waals surface area contributed by atoms with E-state index in [1.54, 1.807) is 16.7 Å². The highest BCUT2D eigenvalue weighted by Gasteiger charge is 2.33. The highest BCUT2D eigenvalue weighted by Crippen LogP contribution is 2.31. The normalized spacial score (nSPS) is 15.4. The molecule has 0 saturated heterocycles.